The first-order chi connectivity index (χ1) is 9.04. The zero-order valence-electron chi connectivity index (χ0n) is 10.6. The van der Waals surface area contributed by atoms with Crippen LogP contribution in [0.4, 0.5) is 5.82 Å². The van der Waals surface area contributed by atoms with E-state index in [0.29, 0.717) is 42.3 Å². The lowest BCUT2D eigenvalue weighted by molar-refractivity contribution is -0.147. The number of carbonyl (C=O) groups is 1. The van der Waals surface area contributed by atoms with E-state index in [2.05, 4.69) is 4.98 Å². The Hall–Kier alpha value is -1.80. The standard InChI is InChI=1S/C13H14ClN3O2/c1-2-13(12(18)19)4-6-17(8-13)11-10(14)9(7-15)3-5-16-11/h3,5H,2,4,6,8H2,1H3,(H,18,19). The minimum Gasteiger partial charge on any atom is -0.481 e. The van der Waals surface area contributed by atoms with Crippen LogP contribution in [0.3, 0.4) is 0 Å². The van der Waals surface area contributed by atoms with E-state index in [1.807, 2.05) is 17.9 Å². The highest BCUT2D eigenvalue weighted by molar-refractivity contribution is 6.34. The van der Waals surface area contributed by atoms with Gasteiger partial charge in [0.1, 0.15) is 16.9 Å². The molecule has 0 radical (unpaired) electrons. The van der Waals surface area contributed by atoms with E-state index >= 15 is 0 Å². The third-order valence-electron chi connectivity index (χ3n) is 3.78. The molecule has 1 aromatic heterocycles. The molecule has 0 spiro atoms. The van der Waals surface area contributed by atoms with Gasteiger partial charge in [0, 0.05) is 19.3 Å². The second-order valence-corrected chi connectivity index (χ2v) is 5.10. The van der Waals surface area contributed by atoms with Crippen molar-refractivity contribution in [2.24, 2.45) is 5.41 Å². The molecule has 1 N–H and O–H groups in total. The third-order valence-corrected chi connectivity index (χ3v) is 4.15. The molecule has 0 bridgehead atoms. The second-order valence-electron chi connectivity index (χ2n) is 4.72. The molecule has 2 heterocycles. The van der Waals surface area contributed by atoms with Crippen molar-refractivity contribution in [1.82, 2.24) is 4.98 Å². The van der Waals surface area contributed by atoms with Gasteiger partial charge < -0.3 is 10.0 Å². The van der Waals surface area contributed by atoms with Gasteiger partial charge in [0.15, 0.2) is 0 Å². The topological polar surface area (TPSA) is 77.2 Å². The maximum absolute atomic E-state index is 11.4. The molecule has 1 unspecified atom stereocenters. The maximum Gasteiger partial charge on any atom is 0.311 e. The quantitative estimate of drug-likeness (QED) is 0.918. The summed E-state index contributed by atoms with van der Waals surface area (Å²) >= 11 is 6.13. The van der Waals surface area contributed by atoms with Gasteiger partial charge in [-0.15, -0.1) is 0 Å². The van der Waals surface area contributed by atoms with Gasteiger partial charge in [0.25, 0.3) is 0 Å². The number of nitriles is 1. The summed E-state index contributed by atoms with van der Waals surface area (Å²) in [5, 5.41) is 18.6. The predicted octanol–water partition coefficient (Wildman–Crippen LogP) is 2.30. The van der Waals surface area contributed by atoms with Crippen LogP contribution in [0.2, 0.25) is 5.02 Å². The Morgan fingerprint density at radius 2 is 2.47 bits per heavy atom. The van der Waals surface area contributed by atoms with Gasteiger partial charge in [0.2, 0.25) is 0 Å². The minimum absolute atomic E-state index is 0.294. The number of nitrogens with zero attached hydrogens (tertiary/aromatic N) is 3. The van der Waals surface area contributed by atoms with Crippen molar-refractivity contribution in [1.29, 1.82) is 5.26 Å². The Bertz CT molecular complexity index is 555. The molecule has 100 valence electrons. The monoisotopic (exact) mass is 279 g/mol. The fourth-order valence-corrected chi connectivity index (χ4v) is 2.68. The largest absolute Gasteiger partial charge is 0.481 e. The second kappa shape index (κ2) is 5.06. The Balaban J connectivity index is 2.32. The summed E-state index contributed by atoms with van der Waals surface area (Å²) in [4.78, 5) is 17.4. The molecule has 1 aliphatic rings. The normalized spacial score (nSPS) is 22.3. The highest BCUT2D eigenvalue weighted by Gasteiger charge is 2.44. The number of rotatable bonds is 3. The molecule has 0 aliphatic carbocycles. The van der Waals surface area contributed by atoms with Crippen molar-refractivity contribution in [2.75, 3.05) is 18.0 Å². The van der Waals surface area contributed by atoms with E-state index in [-0.39, 0.29) is 0 Å². The van der Waals surface area contributed by atoms with E-state index in [1.54, 1.807) is 6.07 Å². The number of carboxylic acid groups (broad SMARTS) is 1. The average Bonchev–Trinajstić information content (AvgIpc) is 2.84. The van der Waals surface area contributed by atoms with E-state index in [4.69, 9.17) is 16.9 Å². The van der Waals surface area contributed by atoms with Crippen LogP contribution >= 0.6 is 11.6 Å². The Labute approximate surface area is 116 Å². The fourth-order valence-electron chi connectivity index (χ4n) is 2.41. The first-order valence-corrected chi connectivity index (χ1v) is 6.45. The van der Waals surface area contributed by atoms with Crippen LogP contribution in [0, 0.1) is 16.7 Å². The van der Waals surface area contributed by atoms with E-state index in [1.165, 1.54) is 6.20 Å². The molecule has 19 heavy (non-hydrogen) atoms. The number of hydrogen-bond acceptors (Lipinski definition) is 4. The van der Waals surface area contributed by atoms with E-state index in [9.17, 15) is 9.90 Å². The summed E-state index contributed by atoms with van der Waals surface area (Å²) < 4.78 is 0. The first kappa shape index (κ1) is 13.6. The number of anilines is 1. The molecular weight excluding hydrogens is 266 g/mol. The van der Waals surface area contributed by atoms with Crippen molar-refractivity contribution in [3.8, 4) is 6.07 Å². The zero-order chi connectivity index (χ0) is 14.0. The van der Waals surface area contributed by atoms with E-state index in [0.717, 1.165) is 0 Å². The van der Waals surface area contributed by atoms with Crippen LogP contribution in [0.5, 0.6) is 0 Å². The molecule has 2 rings (SSSR count). The molecule has 6 heteroatoms. The summed E-state index contributed by atoms with van der Waals surface area (Å²) in [5.74, 6) is -0.289. The average molecular weight is 280 g/mol. The summed E-state index contributed by atoms with van der Waals surface area (Å²) in [6, 6.07) is 3.55. The summed E-state index contributed by atoms with van der Waals surface area (Å²) in [5.41, 5.74) is -0.385. The highest BCUT2D eigenvalue weighted by atomic mass is 35.5. The van der Waals surface area contributed by atoms with E-state index < -0.39 is 11.4 Å². The molecule has 0 saturated carbocycles. The maximum atomic E-state index is 11.4. The van der Waals surface area contributed by atoms with Crippen molar-refractivity contribution in [3.63, 3.8) is 0 Å². The molecule has 1 aromatic rings. The van der Waals surface area contributed by atoms with Crippen molar-refractivity contribution in [3.05, 3.63) is 22.8 Å². The first-order valence-electron chi connectivity index (χ1n) is 6.07. The predicted molar refractivity (Wildman–Crippen MR) is 71.2 cm³/mol. The lowest BCUT2D eigenvalue weighted by Crippen LogP contribution is -2.34. The number of aliphatic carboxylic acids is 1. The summed E-state index contributed by atoms with van der Waals surface area (Å²) in [6.07, 6.45) is 2.65. The number of carboxylic acids is 1. The number of aromatic nitrogens is 1. The number of halogens is 1. The van der Waals surface area contributed by atoms with Crippen LogP contribution in [0.15, 0.2) is 12.3 Å². The smallest absolute Gasteiger partial charge is 0.311 e. The SMILES string of the molecule is CCC1(C(=O)O)CCN(c2nccc(C#N)c2Cl)C1. The van der Waals surface area contributed by atoms with Crippen molar-refractivity contribution < 1.29 is 9.90 Å². The minimum atomic E-state index is -0.787. The van der Waals surface area contributed by atoms with Gasteiger partial charge in [-0.05, 0) is 18.9 Å². The van der Waals surface area contributed by atoms with Crippen LogP contribution in [0.1, 0.15) is 25.3 Å². The van der Waals surface area contributed by atoms with Gasteiger partial charge in [-0.2, -0.15) is 5.26 Å². The summed E-state index contributed by atoms with van der Waals surface area (Å²) in [7, 11) is 0. The Morgan fingerprint density at radius 3 is 3.00 bits per heavy atom. The van der Waals surface area contributed by atoms with Gasteiger partial charge in [-0.1, -0.05) is 18.5 Å². The molecule has 5 nitrogen and oxygen atoms in total. The molecule has 0 amide bonds. The van der Waals surface area contributed by atoms with Gasteiger partial charge in [-0.3, -0.25) is 4.79 Å². The van der Waals surface area contributed by atoms with Crippen LogP contribution in [-0.2, 0) is 4.79 Å². The lowest BCUT2D eigenvalue weighted by atomic mass is 9.84. The third kappa shape index (κ3) is 2.24. The highest BCUT2D eigenvalue weighted by Crippen LogP contribution is 2.38. The Kier molecular flexibility index (Phi) is 3.63. The van der Waals surface area contributed by atoms with Crippen LogP contribution in [-0.4, -0.2) is 29.1 Å². The van der Waals surface area contributed by atoms with Crippen LogP contribution in [0.25, 0.3) is 0 Å². The van der Waals surface area contributed by atoms with Gasteiger partial charge >= 0.3 is 5.97 Å². The lowest BCUT2D eigenvalue weighted by Gasteiger charge is -2.24. The van der Waals surface area contributed by atoms with Crippen LogP contribution < -0.4 is 4.90 Å². The van der Waals surface area contributed by atoms with Gasteiger partial charge in [-0.25, -0.2) is 4.98 Å². The van der Waals surface area contributed by atoms with Crippen molar-refractivity contribution >= 4 is 23.4 Å². The fraction of sp³-hybridized carbons (Fsp3) is 0.462. The molecular formula is C13H14ClN3O2. The summed E-state index contributed by atoms with van der Waals surface area (Å²) in [6.45, 7) is 2.83. The molecule has 1 fully saturated rings. The molecule has 0 aromatic carbocycles. The van der Waals surface area contributed by atoms with Gasteiger partial charge in [0.05, 0.1) is 11.0 Å². The molecule has 1 aliphatic heterocycles. The van der Waals surface area contributed by atoms with Crippen molar-refractivity contribution in [2.45, 2.75) is 19.8 Å². The molecule has 1 atom stereocenters. The number of pyridine rings is 1. The Morgan fingerprint density at radius 1 is 1.74 bits per heavy atom. The molecule has 1 saturated heterocycles. The zero-order valence-corrected chi connectivity index (χ0v) is 11.3. The number of hydrogen-bond donors (Lipinski definition) is 1.